The molecular weight excluding hydrogens is 300 g/mol. The molecule has 0 spiro atoms. The molecule has 0 aliphatic carbocycles. The normalized spacial score (nSPS) is 14.7. The van der Waals surface area contributed by atoms with E-state index < -0.39 is 11.6 Å². The van der Waals surface area contributed by atoms with Crippen LogP contribution in [0.4, 0.5) is 8.78 Å². The second kappa shape index (κ2) is 7.10. The zero-order valence-corrected chi connectivity index (χ0v) is 13.1. The lowest BCUT2D eigenvalue weighted by Gasteiger charge is -2.28. The fourth-order valence-electron chi connectivity index (χ4n) is 2.79. The van der Waals surface area contributed by atoms with Gasteiger partial charge in [-0.05, 0) is 24.1 Å². The average molecular weight is 319 g/mol. The van der Waals surface area contributed by atoms with Gasteiger partial charge in [0.15, 0.2) is 17.5 Å². The Morgan fingerprint density at radius 1 is 1.26 bits per heavy atom. The molecule has 0 amide bonds. The smallest absolute Gasteiger partial charge is 0.159 e. The molecule has 0 unspecified atom stereocenters. The summed E-state index contributed by atoms with van der Waals surface area (Å²) in [7, 11) is 1.63. The van der Waals surface area contributed by atoms with E-state index in [0.29, 0.717) is 18.9 Å². The van der Waals surface area contributed by atoms with Crippen molar-refractivity contribution in [1.29, 1.82) is 0 Å². The van der Waals surface area contributed by atoms with E-state index in [2.05, 4.69) is 14.9 Å². The molecule has 23 heavy (non-hydrogen) atoms. The Balaban J connectivity index is 1.60. The Hall–Kier alpha value is -1.92. The number of hydrogen-bond donors (Lipinski definition) is 0. The van der Waals surface area contributed by atoms with Crippen LogP contribution in [0, 0.1) is 11.6 Å². The van der Waals surface area contributed by atoms with Gasteiger partial charge in [0.1, 0.15) is 6.61 Å². The lowest BCUT2D eigenvalue weighted by Crippen LogP contribution is -2.33. The van der Waals surface area contributed by atoms with Gasteiger partial charge in [0, 0.05) is 50.6 Å². The molecule has 6 heteroatoms. The van der Waals surface area contributed by atoms with Gasteiger partial charge in [-0.2, -0.15) is 0 Å². The summed E-state index contributed by atoms with van der Waals surface area (Å²) in [6, 6.07) is 4.09. The van der Waals surface area contributed by atoms with Gasteiger partial charge in [-0.15, -0.1) is 0 Å². The van der Waals surface area contributed by atoms with E-state index in [-0.39, 0.29) is 0 Å². The van der Waals surface area contributed by atoms with Crippen molar-refractivity contribution in [3.8, 4) is 0 Å². The van der Waals surface area contributed by atoms with Gasteiger partial charge in [-0.3, -0.25) is 4.90 Å². The van der Waals surface area contributed by atoms with E-state index in [0.717, 1.165) is 42.9 Å². The highest BCUT2D eigenvalue weighted by Crippen LogP contribution is 2.17. The van der Waals surface area contributed by atoms with Crippen molar-refractivity contribution in [2.75, 3.05) is 20.2 Å². The summed E-state index contributed by atoms with van der Waals surface area (Å²) in [5, 5.41) is 0. The van der Waals surface area contributed by atoms with Crippen molar-refractivity contribution >= 4 is 0 Å². The first-order valence-corrected chi connectivity index (χ1v) is 7.64. The largest absolute Gasteiger partial charge is 0.377 e. The molecule has 0 saturated carbocycles. The predicted octanol–water partition coefficient (Wildman–Crippen LogP) is 2.50. The highest BCUT2D eigenvalue weighted by molar-refractivity contribution is 5.21. The van der Waals surface area contributed by atoms with E-state index in [1.165, 1.54) is 12.1 Å². The van der Waals surface area contributed by atoms with Gasteiger partial charge < -0.3 is 4.74 Å². The quantitative estimate of drug-likeness (QED) is 0.849. The molecule has 2 heterocycles. The molecule has 3 rings (SSSR count). The van der Waals surface area contributed by atoms with Crippen LogP contribution in [0.1, 0.15) is 22.6 Å². The topological polar surface area (TPSA) is 38.3 Å². The fraction of sp³-hybridized carbons (Fsp3) is 0.412. The third kappa shape index (κ3) is 3.89. The van der Waals surface area contributed by atoms with Gasteiger partial charge in [0.25, 0.3) is 0 Å². The van der Waals surface area contributed by atoms with Gasteiger partial charge in [-0.25, -0.2) is 18.7 Å². The number of hydrogen-bond acceptors (Lipinski definition) is 4. The lowest BCUT2D eigenvalue weighted by atomic mass is 10.1. The summed E-state index contributed by atoms with van der Waals surface area (Å²) >= 11 is 0. The Morgan fingerprint density at radius 3 is 2.91 bits per heavy atom. The highest BCUT2D eigenvalue weighted by Gasteiger charge is 2.18. The molecule has 0 N–H and O–H groups in total. The number of halogens is 2. The first-order valence-electron chi connectivity index (χ1n) is 7.64. The first kappa shape index (κ1) is 16.0. The maximum Gasteiger partial charge on any atom is 0.159 e. The van der Waals surface area contributed by atoms with Crippen LogP contribution >= 0.6 is 0 Å². The number of ether oxygens (including phenoxy) is 1. The molecule has 0 radical (unpaired) electrons. The molecule has 1 aromatic carbocycles. The Bertz CT molecular complexity index is 694. The van der Waals surface area contributed by atoms with Crippen molar-refractivity contribution < 1.29 is 13.5 Å². The molecule has 0 saturated heterocycles. The third-order valence-corrected chi connectivity index (χ3v) is 4.04. The van der Waals surface area contributed by atoms with Crippen molar-refractivity contribution in [2.24, 2.45) is 0 Å². The van der Waals surface area contributed by atoms with Gasteiger partial charge >= 0.3 is 0 Å². The number of benzene rings is 1. The van der Waals surface area contributed by atoms with Crippen LogP contribution in [-0.4, -0.2) is 35.1 Å². The van der Waals surface area contributed by atoms with E-state index in [1.807, 2.05) is 6.20 Å². The van der Waals surface area contributed by atoms with Crippen LogP contribution < -0.4 is 0 Å². The average Bonchev–Trinajstić information content (AvgIpc) is 2.56. The molecule has 0 fully saturated rings. The van der Waals surface area contributed by atoms with Crippen LogP contribution in [0.15, 0.2) is 24.4 Å². The summed E-state index contributed by atoms with van der Waals surface area (Å²) in [5.74, 6) is -0.878. The minimum Gasteiger partial charge on any atom is -0.377 e. The standard InChI is InChI=1S/C17H19F2N3O/c1-23-11-17-20-9-13-10-22(7-5-16(13)21-17)6-4-12-2-3-14(18)15(19)8-12/h2-3,8-9H,4-7,10-11H2,1H3. The van der Waals surface area contributed by atoms with E-state index >= 15 is 0 Å². The highest BCUT2D eigenvalue weighted by atomic mass is 19.2. The molecular formula is C17H19F2N3O. The minimum absolute atomic E-state index is 0.424. The monoisotopic (exact) mass is 319 g/mol. The predicted molar refractivity (Wildman–Crippen MR) is 81.8 cm³/mol. The molecule has 4 nitrogen and oxygen atoms in total. The van der Waals surface area contributed by atoms with Crippen LogP contribution in [0.3, 0.4) is 0 Å². The van der Waals surface area contributed by atoms with Crippen molar-refractivity contribution in [2.45, 2.75) is 26.0 Å². The van der Waals surface area contributed by atoms with Gasteiger partial charge in [-0.1, -0.05) is 6.07 Å². The summed E-state index contributed by atoms with van der Waals surface area (Å²) in [4.78, 5) is 11.1. The second-order valence-electron chi connectivity index (χ2n) is 5.72. The van der Waals surface area contributed by atoms with Crippen molar-refractivity contribution in [3.05, 3.63) is 58.7 Å². The van der Waals surface area contributed by atoms with Crippen molar-refractivity contribution in [1.82, 2.24) is 14.9 Å². The number of fused-ring (bicyclic) bond motifs is 1. The number of rotatable bonds is 5. The third-order valence-electron chi connectivity index (χ3n) is 4.04. The van der Waals surface area contributed by atoms with Gasteiger partial charge in [0.2, 0.25) is 0 Å². The van der Waals surface area contributed by atoms with E-state index in [1.54, 1.807) is 13.2 Å². The zero-order valence-electron chi connectivity index (χ0n) is 13.1. The van der Waals surface area contributed by atoms with Crippen LogP contribution in [0.25, 0.3) is 0 Å². The molecule has 1 aliphatic heterocycles. The molecule has 1 aromatic heterocycles. The summed E-state index contributed by atoms with van der Waals surface area (Å²) in [5.41, 5.74) is 3.01. The fourth-order valence-corrected chi connectivity index (χ4v) is 2.79. The second-order valence-corrected chi connectivity index (χ2v) is 5.72. The Kier molecular flexibility index (Phi) is 4.93. The molecule has 2 aromatic rings. The lowest BCUT2D eigenvalue weighted by molar-refractivity contribution is 0.176. The number of methoxy groups -OCH3 is 1. The SMILES string of the molecule is COCc1ncc2c(n1)CCN(CCc1ccc(F)c(F)c1)C2. The molecule has 1 aliphatic rings. The van der Waals surface area contributed by atoms with E-state index in [4.69, 9.17) is 4.74 Å². The maximum absolute atomic E-state index is 13.2. The number of aromatic nitrogens is 2. The summed E-state index contributed by atoms with van der Waals surface area (Å²) < 4.78 is 31.2. The van der Waals surface area contributed by atoms with Crippen LogP contribution in [0.2, 0.25) is 0 Å². The maximum atomic E-state index is 13.2. The molecule has 0 atom stereocenters. The summed E-state index contributed by atoms with van der Waals surface area (Å²) in [6.07, 6.45) is 3.42. The van der Waals surface area contributed by atoms with Crippen LogP contribution in [-0.2, 0) is 30.7 Å². The van der Waals surface area contributed by atoms with Crippen molar-refractivity contribution in [3.63, 3.8) is 0 Å². The summed E-state index contributed by atoms with van der Waals surface area (Å²) in [6.45, 7) is 2.91. The van der Waals surface area contributed by atoms with E-state index in [9.17, 15) is 8.78 Å². The zero-order chi connectivity index (χ0) is 16.2. The minimum atomic E-state index is -0.801. The Morgan fingerprint density at radius 2 is 2.13 bits per heavy atom. The number of nitrogens with zero attached hydrogens (tertiary/aromatic N) is 3. The van der Waals surface area contributed by atoms with Gasteiger partial charge in [0.05, 0.1) is 0 Å². The Labute approximate surface area is 134 Å². The molecule has 0 bridgehead atoms. The molecule has 122 valence electrons. The van der Waals surface area contributed by atoms with Crippen LogP contribution in [0.5, 0.6) is 0 Å². The first-order chi connectivity index (χ1) is 11.2.